The Morgan fingerprint density at radius 2 is 2.25 bits per heavy atom. The van der Waals surface area contributed by atoms with Crippen LogP contribution in [0.25, 0.3) is 0 Å². The maximum Gasteiger partial charge on any atom is 0.255 e. The van der Waals surface area contributed by atoms with Gasteiger partial charge in [0.1, 0.15) is 12.5 Å². The first-order valence-corrected chi connectivity index (χ1v) is 10.4. The Morgan fingerprint density at radius 3 is 2.89 bits per heavy atom. The van der Waals surface area contributed by atoms with E-state index in [-0.39, 0.29) is 17.6 Å². The van der Waals surface area contributed by atoms with E-state index in [2.05, 4.69) is 5.32 Å². The molecule has 1 N–H and O–H groups in total. The van der Waals surface area contributed by atoms with Crippen LogP contribution in [0.4, 0.5) is 0 Å². The third-order valence-electron chi connectivity index (χ3n) is 5.53. The van der Waals surface area contributed by atoms with Gasteiger partial charge in [-0.1, -0.05) is 0 Å². The highest BCUT2D eigenvalue weighted by Crippen LogP contribution is 2.32. The number of hydrogen-bond donors (Lipinski definition) is 1. The van der Waals surface area contributed by atoms with Crippen LogP contribution in [0, 0.1) is 12.8 Å². The maximum absolute atomic E-state index is 12.9. The lowest BCUT2D eigenvalue weighted by Gasteiger charge is -2.46. The minimum Gasteiger partial charge on any atom is -0.491 e. The van der Waals surface area contributed by atoms with Crippen LogP contribution in [-0.2, 0) is 9.47 Å². The Hall–Kier alpha value is -1.63. The molecule has 0 saturated carbocycles. The zero-order valence-corrected chi connectivity index (χ0v) is 17.6. The van der Waals surface area contributed by atoms with Crippen molar-refractivity contribution in [2.45, 2.75) is 52.2 Å². The number of nitrogens with one attached hydrogen (secondary N) is 1. The van der Waals surface area contributed by atoms with Crippen LogP contribution in [0.1, 0.15) is 49.5 Å². The second kappa shape index (κ2) is 9.25. The summed E-state index contributed by atoms with van der Waals surface area (Å²) >= 11 is 0. The third-order valence-corrected chi connectivity index (χ3v) is 5.53. The van der Waals surface area contributed by atoms with Crippen LogP contribution in [-0.4, -0.2) is 62.1 Å². The number of rotatable bonds is 6. The molecule has 1 spiro atoms. The first-order valence-electron chi connectivity index (χ1n) is 10.4. The van der Waals surface area contributed by atoms with Gasteiger partial charge in [-0.2, -0.15) is 0 Å². The first kappa shape index (κ1) is 21.1. The molecule has 2 fully saturated rings. The molecular formula is C22H34N2O4. The molecule has 2 atom stereocenters. The Bertz CT molecular complexity index is 669. The van der Waals surface area contributed by atoms with Gasteiger partial charge in [-0.05, 0) is 70.2 Å². The molecule has 156 valence electrons. The van der Waals surface area contributed by atoms with Crippen molar-refractivity contribution in [2.75, 3.05) is 39.6 Å². The van der Waals surface area contributed by atoms with Crippen LogP contribution in [0.3, 0.4) is 0 Å². The molecule has 0 radical (unpaired) electrons. The fourth-order valence-electron chi connectivity index (χ4n) is 4.08. The number of carbonyl (C=O) groups is 1. The van der Waals surface area contributed by atoms with Crippen molar-refractivity contribution >= 4 is 5.91 Å². The smallest absolute Gasteiger partial charge is 0.255 e. The van der Waals surface area contributed by atoms with Crippen LogP contribution >= 0.6 is 0 Å². The molecule has 0 aliphatic carbocycles. The van der Waals surface area contributed by atoms with E-state index in [0.29, 0.717) is 24.8 Å². The molecule has 0 aromatic heterocycles. The SMILES string of the molecule is CCOCC1CNCC2(CCN(C(=O)c3ccc(OC(C)C)c(C)c3)CO2)C1. The van der Waals surface area contributed by atoms with Gasteiger partial charge >= 0.3 is 0 Å². The van der Waals surface area contributed by atoms with E-state index in [0.717, 1.165) is 50.5 Å². The molecule has 2 unspecified atom stereocenters. The molecular weight excluding hydrogens is 356 g/mol. The lowest BCUT2D eigenvalue weighted by molar-refractivity contribution is -0.145. The summed E-state index contributed by atoms with van der Waals surface area (Å²) in [7, 11) is 0. The lowest BCUT2D eigenvalue weighted by atomic mass is 9.83. The van der Waals surface area contributed by atoms with E-state index in [9.17, 15) is 4.79 Å². The van der Waals surface area contributed by atoms with Gasteiger partial charge in [-0.15, -0.1) is 0 Å². The van der Waals surface area contributed by atoms with Gasteiger partial charge in [0.15, 0.2) is 0 Å². The summed E-state index contributed by atoms with van der Waals surface area (Å²) in [5.74, 6) is 1.31. The topological polar surface area (TPSA) is 60.0 Å². The van der Waals surface area contributed by atoms with Gasteiger partial charge in [0.05, 0.1) is 18.3 Å². The molecule has 6 heteroatoms. The standard InChI is InChI=1S/C22H34N2O4/c1-5-26-13-18-11-22(14-23-12-18)8-9-24(15-27-22)21(25)19-6-7-20(17(4)10-19)28-16(2)3/h6-7,10,16,18,23H,5,8-9,11-15H2,1-4H3. The number of hydrogen-bond acceptors (Lipinski definition) is 5. The van der Waals surface area contributed by atoms with E-state index in [4.69, 9.17) is 14.2 Å². The monoisotopic (exact) mass is 390 g/mol. The van der Waals surface area contributed by atoms with E-state index in [1.165, 1.54) is 0 Å². The van der Waals surface area contributed by atoms with Crippen LogP contribution in [0.5, 0.6) is 5.75 Å². The number of piperidine rings is 1. The highest BCUT2D eigenvalue weighted by molar-refractivity contribution is 5.94. The molecule has 2 heterocycles. The van der Waals surface area contributed by atoms with E-state index in [1.54, 1.807) is 4.90 Å². The summed E-state index contributed by atoms with van der Waals surface area (Å²) in [6.45, 7) is 12.4. The molecule has 1 aromatic carbocycles. The second-order valence-electron chi connectivity index (χ2n) is 8.28. The molecule has 3 rings (SSSR count). The number of benzene rings is 1. The van der Waals surface area contributed by atoms with Crippen LogP contribution < -0.4 is 10.1 Å². The molecule has 0 bridgehead atoms. The average Bonchev–Trinajstić information content (AvgIpc) is 2.68. The van der Waals surface area contributed by atoms with Gasteiger partial charge in [-0.25, -0.2) is 0 Å². The Balaban J connectivity index is 1.58. The summed E-state index contributed by atoms with van der Waals surface area (Å²) in [5.41, 5.74) is 1.48. The third kappa shape index (κ3) is 5.04. The number of amides is 1. The van der Waals surface area contributed by atoms with Gasteiger partial charge in [-0.3, -0.25) is 4.79 Å². The summed E-state index contributed by atoms with van der Waals surface area (Å²) in [6, 6.07) is 5.64. The van der Waals surface area contributed by atoms with Gasteiger partial charge in [0, 0.05) is 31.8 Å². The number of aryl methyl sites for hydroxylation is 1. The molecule has 1 aromatic rings. The fraction of sp³-hybridized carbons (Fsp3) is 0.682. The molecule has 6 nitrogen and oxygen atoms in total. The van der Waals surface area contributed by atoms with E-state index in [1.807, 2.05) is 45.9 Å². The van der Waals surface area contributed by atoms with Crippen molar-refractivity contribution in [3.8, 4) is 5.75 Å². The van der Waals surface area contributed by atoms with Crippen molar-refractivity contribution in [1.29, 1.82) is 0 Å². The molecule has 2 aliphatic rings. The maximum atomic E-state index is 12.9. The summed E-state index contributed by atoms with van der Waals surface area (Å²) in [5, 5.41) is 3.49. The van der Waals surface area contributed by atoms with Crippen molar-refractivity contribution in [2.24, 2.45) is 5.92 Å². The molecule has 2 saturated heterocycles. The minimum atomic E-state index is -0.179. The van der Waals surface area contributed by atoms with Gasteiger partial charge < -0.3 is 24.4 Å². The van der Waals surface area contributed by atoms with Gasteiger partial charge in [0.2, 0.25) is 0 Å². The highest BCUT2D eigenvalue weighted by atomic mass is 16.5. The Morgan fingerprint density at radius 1 is 1.43 bits per heavy atom. The molecule has 28 heavy (non-hydrogen) atoms. The van der Waals surface area contributed by atoms with Crippen molar-refractivity contribution in [3.05, 3.63) is 29.3 Å². The largest absolute Gasteiger partial charge is 0.491 e. The van der Waals surface area contributed by atoms with Gasteiger partial charge in [0.25, 0.3) is 5.91 Å². The predicted octanol–water partition coefficient (Wildman–Crippen LogP) is 2.99. The fourth-order valence-corrected chi connectivity index (χ4v) is 4.08. The average molecular weight is 391 g/mol. The summed E-state index contributed by atoms with van der Waals surface area (Å²) in [4.78, 5) is 14.7. The van der Waals surface area contributed by atoms with E-state index < -0.39 is 0 Å². The first-order chi connectivity index (χ1) is 13.4. The normalized spacial score (nSPS) is 25.3. The Labute approximate surface area is 168 Å². The van der Waals surface area contributed by atoms with Crippen LogP contribution in [0.15, 0.2) is 18.2 Å². The zero-order chi connectivity index (χ0) is 20.1. The molecule has 1 amide bonds. The highest BCUT2D eigenvalue weighted by Gasteiger charge is 2.41. The quantitative estimate of drug-likeness (QED) is 0.809. The van der Waals surface area contributed by atoms with Crippen molar-refractivity contribution in [3.63, 3.8) is 0 Å². The number of carbonyl (C=O) groups excluding carboxylic acids is 1. The summed E-state index contributed by atoms with van der Waals surface area (Å²) in [6.07, 6.45) is 1.95. The van der Waals surface area contributed by atoms with Crippen molar-refractivity contribution < 1.29 is 19.0 Å². The second-order valence-corrected chi connectivity index (χ2v) is 8.28. The lowest BCUT2D eigenvalue weighted by Crippen LogP contribution is -2.58. The van der Waals surface area contributed by atoms with Crippen LogP contribution in [0.2, 0.25) is 0 Å². The predicted molar refractivity (Wildman–Crippen MR) is 109 cm³/mol. The number of ether oxygens (including phenoxy) is 3. The van der Waals surface area contributed by atoms with Crippen molar-refractivity contribution in [1.82, 2.24) is 10.2 Å². The minimum absolute atomic E-state index is 0.0173. The Kier molecular flexibility index (Phi) is 6.96. The number of nitrogens with zero attached hydrogens (tertiary/aromatic N) is 1. The molecule has 2 aliphatic heterocycles. The summed E-state index contributed by atoms with van der Waals surface area (Å²) < 4.78 is 17.6. The zero-order valence-electron chi connectivity index (χ0n) is 17.6. The van der Waals surface area contributed by atoms with E-state index >= 15 is 0 Å².